The van der Waals surface area contributed by atoms with Crippen molar-refractivity contribution in [3.8, 4) is 0 Å². The maximum absolute atomic E-state index is 12.9. The van der Waals surface area contributed by atoms with Gasteiger partial charge in [-0.05, 0) is 105 Å². The predicted molar refractivity (Wildman–Crippen MR) is 144 cm³/mol. The van der Waals surface area contributed by atoms with E-state index in [0.29, 0.717) is 43.4 Å². The number of carbonyl (C=O) groups is 2. The molecule has 0 aromatic carbocycles. The molecule has 0 aromatic rings. The Balaban J connectivity index is 1.42. The second-order valence-electron chi connectivity index (χ2n) is 13.2. The Kier molecular flexibility index (Phi) is 8.19. The van der Waals surface area contributed by atoms with E-state index in [-0.39, 0.29) is 11.8 Å². The van der Waals surface area contributed by atoms with Gasteiger partial charge < -0.3 is 10.2 Å². The minimum Gasteiger partial charge on any atom is -0.481 e. The molecule has 0 aliphatic heterocycles. The molecule has 1 amide bonds. The van der Waals surface area contributed by atoms with Gasteiger partial charge in [-0.1, -0.05) is 52.2 Å². The lowest BCUT2D eigenvalue weighted by Gasteiger charge is -2.59. The molecule has 4 aliphatic carbocycles. The van der Waals surface area contributed by atoms with Crippen molar-refractivity contribution in [2.75, 3.05) is 0 Å². The maximum atomic E-state index is 12.9. The highest BCUT2D eigenvalue weighted by Crippen LogP contribution is 2.67. The van der Waals surface area contributed by atoms with Gasteiger partial charge in [-0.15, -0.1) is 0 Å². The monoisotopic (exact) mass is 499 g/mol. The summed E-state index contributed by atoms with van der Waals surface area (Å²) in [6.07, 6.45) is 16.8. The molecule has 4 unspecified atom stereocenters. The van der Waals surface area contributed by atoms with Gasteiger partial charge >= 0.3 is 5.97 Å². The summed E-state index contributed by atoms with van der Waals surface area (Å²) in [6.45, 7) is 9.84. The zero-order chi connectivity index (χ0) is 26.1. The van der Waals surface area contributed by atoms with Crippen LogP contribution in [0.4, 0.5) is 0 Å². The number of carboxylic acid groups (broad SMARTS) is 1. The molecule has 0 spiro atoms. The molecule has 36 heavy (non-hydrogen) atoms. The third-order valence-electron chi connectivity index (χ3n) is 11.3. The molecular formula is C31H49NO4. The van der Waals surface area contributed by atoms with Gasteiger partial charge in [0.1, 0.15) is 5.60 Å². The van der Waals surface area contributed by atoms with Gasteiger partial charge in [-0.2, -0.15) is 0 Å². The molecule has 4 aliphatic rings. The van der Waals surface area contributed by atoms with Gasteiger partial charge in [0.05, 0.1) is 0 Å². The summed E-state index contributed by atoms with van der Waals surface area (Å²) in [5.74, 6) is 2.66. The fraction of sp³-hybridized carbons (Fsp3) is 0.839. The standard InChI is InChI=1S/C31H49NO4/c1-5-9-21(2)24-13-14-25-23-12-11-22-20-31(36,28(35)32-19-8-6-7-10-27(33)34)18-17-29(22,3)26(23)15-16-30(24,25)4/h11,19,21,23-26,36H,5-10,12-18,20H2,1-4H3,(H,33,34)/t21-,23?,24-,25?,26?,29+,30-,31?/m1/s1. The third kappa shape index (κ3) is 4.98. The number of aliphatic imine (C=N–C) groups is 1. The van der Waals surface area contributed by atoms with Crippen molar-refractivity contribution in [3.63, 3.8) is 0 Å². The highest BCUT2D eigenvalue weighted by Gasteiger charge is 2.60. The lowest BCUT2D eigenvalue weighted by Crippen LogP contribution is -2.53. The molecule has 202 valence electrons. The largest absolute Gasteiger partial charge is 0.481 e. The van der Waals surface area contributed by atoms with Crippen LogP contribution in [-0.4, -0.2) is 33.9 Å². The Morgan fingerprint density at radius 1 is 1.14 bits per heavy atom. The van der Waals surface area contributed by atoms with E-state index >= 15 is 0 Å². The first-order valence-electron chi connectivity index (χ1n) is 14.8. The number of aliphatic carboxylic acids is 1. The van der Waals surface area contributed by atoms with E-state index in [2.05, 4.69) is 38.8 Å². The van der Waals surface area contributed by atoms with Crippen molar-refractivity contribution in [3.05, 3.63) is 11.6 Å². The van der Waals surface area contributed by atoms with Crippen molar-refractivity contribution < 1.29 is 19.8 Å². The minimum absolute atomic E-state index is 0.0877. The van der Waals surface area contributed by atoms with E-state index in [1.807, 2.05) is 0 Å². The van der Waals surface area contributed by atoms with Crippen LogP contribution in [0.25, 0.3) is 0 Å². The molecule has 2 N–H and O–H groups in total. The van der Waals surface area contributed by atoms with Crippen molar-refractivity contribution in [2.24, 2.45) is 45.4 Å². The van der Waals surface area contributed by atoms with Crippen LogP contribution in [0.1, 0.15) is 118 Å². The van der Waals surface area contributed by atoms with E-state index < -0.39 is 17.5 Å². The quantitative estimate of drug-likeness (QED) is 0.204. The average molecular weight is 500 g/mol. The van der Waals surface area contributed by atoms with E-state index in [4.69, 9.17) is 5.11 Å². The van der Waals surface area contributed by atoms with Gasteiger partial charge in [0.15, 0.2) is 0 Å². The Bertz CT molecular complexity index is 895. The number of amides is 1. The number of carboxylic acids is 1. The van der Waals surface area contributed by atoms with Crippen molar-refractivity contribution in [1.29, 1.82) is 0 Å². The Morgan fingerprint density at radius 2 is 1.92 bits per heavy atom. The number of hydrogen-bond donors (Lipinski definition) is 2. The topological polar surface area (TPSA) is 87.0 Å². The first-order chi connectivity index (χ1) is 17.0. The fourth-order valence-corrected chi connectivity index (χ4v) is 9.24. The zero-order valence-electron chi connectivity index (χ0n) is 23.1. The SMILES string of the molecule is CCC[C@@H](C)[C@H]1CCC2C3CC=C4CC(O)(C(=O)N=CCCCCC(=O)O)CC[C@]4(C)C3CC[C@@]21C. The summed E-state index contributed by atoms with van der Waals surface area (Å²) < 4.78 is 0. The highest BCUT2D eigenvalue weighted by molar-refractivity contribution is 5.91. The summed E-state index contributed by atoms with van der Waals surface area (Å²) in [5.41, 5.74) is 0.458. The first-order valence-corrected chi connectivity index (χ1v) is 14.8. The van der Waals surface area contributed by atoms with E-state index in [9.17, 15) is 14.7 Å². The number of allylic oxidation sites excluding steroid dienone is 1. The molecule has 5 heteroatoms. The van der Waals surface area contributed by atoms with Gasteiger partial charge in [-0.25, -0.2) is 4.99 Å². The molecule has 0 bridgehead atoms. The number of hydrogen-bond acceptors (Lipinski definition) is 3. The maximum Gasteiger partial charge on any atom is 0.303 e. The molecule has 0 aromatic heterocycles. The Morgan fingerprint density at radius 3 is 2.64 bits per heavy atom. The molecule has 0 saturated heterocycles. The second-order valence-corrected chi connectivity index (χ2v) is 13.2. The minimum atomic E-state index is -1.40. The van der Waals surface area contributed by atoms with Crippen molar-refractivity contribution in [2.45, 2.75) is 123 Å². The smallest absolute Gasteiger partial charge is 0.303 e. The summed E-state index contributed by atoms with van der Waals surface area (Å²) >= 11 is 0. The van der Waals surface area contributed by atoms with Crippen LogP contribution >= 0.6 is 0 Å². The Hall–Kier alpha value is -1.49. The molecule has 5 nitrogen and oxygen atoms in total. The summed E-state index contributed by atoms with van der Waals surface area (Å²) in [6, 6.07) is 0. The van der Waals surface area contributed by atoms with Crippen LogP contribution in [0.15, 0.2) is 16.6 Å². The number of rotatable bonds is 9. The van der Waals surface area contributed by atoms with E-state index in [0.717, 1.165) is 36.5 Å². The van der Waals surface area contributed by atoms with Crippen LogP contribution in [0.2, 0.25) is 0 Å². The molecule has 0 heterocycles. The van der Waals surface area contributed by atoms with Crippen LogP contribution in [0.3, 0.4) is 0 Å². The number of unbranched alkanes of at least 4 members (excludes halogenated alkanes) is 2. The normalized spacial score (nSPS) is 40.8. The van der Waals surface area contributed by atoms with Crippen LogP contribution in [0.5, 0.6) is 0 Å². The van der Waals surface area contributed by atoms with Crippen molar-refractivity contribution in [1.82, 2.24) is 0 Å². The first kappa shape index (κ1) is 27.5. The number of carbonyl (C=O) groups excluding carboxylic acids is 1. The third-order valence-corrected chi connectivity index (χ3v) is 11.3. The number of nitrogens with zero attached hydrogens (tertiary/aromatic N) is 1. The summed E-state index contributed by atoms with van der Waals surface area (Å²) in [7, 11) is 0. The molecular weight excluding hydrogens is 450 g/mol. The van der Waals surface area contributed by atoms with Crippen LogP contribution in [-0.2, 0) is 9.59 Å². The fourth-order valence-electron chi connectivity index (χ4n) is 9.24. The average Bonchev–Trinajstić information content (AvgIpc) is 3.19. The predicted octanol–water partition coefficient (Wildman–Crippen LogP) is 6.98. The van der Waals surface area contributed by atoms with Gasteiger partial charge in [0, 0.05) is 19.1 Å². The van der Waals surface area contributed by atoms with Gasteiger partial charge in [0.25, 0.3) is 5.91 Å². The van der Waals surface area contributed by atoms with E-state index in [1.54, 1.807) is 6.21 Å². The summed E-state index contributed by atoms with van der Waals surface area (Å²) in [4.78, 5) is 27.6. The molecule has 3 fully saturated rings. The van der Waals surface area contributed by atoms with Crippen LogP contribution in [0, 0.1) is 40.4 Å². The van der Waals surface area contributed by atoms with E-state index in [1.165, 1.54) is 44.1 Å². The number of aliphatic hydroxyl groups is 1. The second kappa shape index (κ2) is 10.7. The molecule has 0 radical (unpaired) electrons. The van der Waals surface area contributed by atoms with Gasteiger partial charge in [0.2, 0.25) is 0 Å². The van der Waals surface area contributed by atoms with Gasteiger partial charge in [-0.3, -0.25) is 9.59 Å². The molecule has 3 saturated carbocycles. The zero-order valence-corrected chi connectivity index (χ0v) is 23.1. The lowest BCUT2D eigenvalue weighted by atomic mass is 9.46. The Labute approximate surface area is 218 Å². The highest BCUT2D eigenvalue weighted by atomic mass is 16.4. The number of fused-ring (bicyclic) bond motifs is 5. The van der Waals surface area contributed by atoms with Crippen molar-refractivity contribution >= 4 is 18.1 Å². The molecule has 4 rings (SSSR count). The van der Waals surface area contributed by atoms with Crippen LogP contribution < -0.4 is 0 Å². The summed E-state index contributed by atoms with van der Waals surface area (Å²) in [5, 5.41) is 20.1. The lowest BCUT2D eigenvalue weighted by molar-refractivity contribution is -0.141. The molecule has 8 atom stereocenters.